The molecule has 0 saturated heterocycles. The first kappa shape index (κ1) is 15.9. The molecule has 0 radical (unpaired) electrons. The number of aliphatic carboxylic acids is 1. The Morgan fingerprint density at radius 2 is 2.11 bits per heavy atom. The van der Waals surface area contributed by atoms with Crippen molar-refractivity contribution in [3.63, 3.8) is 0 Å². The number of hydrogen-bond donors (Lipinski definition) is 1. The Bertz CT molecular complexity index is 395. The molecular weight excluding hydrogens is 258 g/mol. The van der Waals surface area contributed by atoms with Gasteiger partial charge in [-0.1, -0.05) is 25.8 Å². The third-order valence-electron chi connectivity index (χ3n) is 3.05. The minimum atomic E-state index is -0.735. The first-order valence-electron chi connectivity index (χ1n) is 6.78. The van der Waals surface area contributed by atoms with E-state index in [-0.39, 0.29) is 6.42 Å². The van der Waals surface area contributed by atoms with Crippen LogP contribution in [0.25, 0.3) is 0 Å². The molecule has 3 nitrogen and oxygen atoms in total. The predicted molar refractivity (Wildman–Crippen MR) is 82.2 cm³/mol. The van der Waals surface area contributed by atoms with Gasteiger partial charge >= 0.3 is 5.97 Å². The number of anilines is 1. The molecule has 1 aromatic rings. The number of hydrogen-bond acceptors (Lipinski definition) is 3. The summed E-state index contributed by atoms with van der Waals surface area (Å²) in [6, 6.07) is 8.32. The van der Waals surface area contributed by atoms with Gasteiger partial charge in [0.1, 0.15) is 0 Å². The van der Waals surface area contributed by atoms with Crippen LogP contribution >= 0.6 is 11.8 Å². The Balaban J connectivity index is 2.71. The SMILES string of the molecule is CCCCCN(CCC(=O)O)c1cccc(SC)c1. The van der Waals surface area contributed by atoms with Gasteiger partial charge in [0.15, 0.2) is 0 Å². The molecule has 0 aliphatic carbocycles. The maximum Gasteiger partial charge on any atom is 0.305 e. The smallest absolute Gasteiger partial charge is 0.305 e. The number of carboxylic acid groups (broad SMARTS) is 1. The number of unbranched alkanes of at least 4 members (excludes halogenated alkanes) is 2. The fraction of sp³-hybridized carbons (Fsp3) is 0.533. The van der Waals surface area contributed by atoms with Gasteiger partial charge in [-0.05, 0) is 30.9 Å². The summed E-state index contributed by atoms with van der Waals surface area (Å²) < 4.78 is 0. The van der Waals surface area contributed by atoms with Crippen molar-refractivity contribution < 1.29 is 9.90 Å². The molecule has 0 spiro atoms. The lowest BCUT2D eigenvalue weighted by molar-refractivity contribution is -0.136. The van der Waals surface area contributed by atoms with Crippen LogP contribution in [0.1, 0.15) is 32.6 Å². The third kappa shape index (κ3) is 6.01. The normalized spacial score (nSPS) is 10.4. The summed E-state index contributed by atoms with van der Waals surface area (Å²) in [6.07, 6.45) is 5.72. The summed E-state index contributed by atoms with van der Waals surface area (Å²) in [5.41, 5.74) is 1.13. The van der Waals surface area contributed by atoms with Gasteiger partial charge in [-0.25, -0.2) is 0 Å². The predicted octanol–water partition coefficient (Wildman–Crippen LogP) is 3.88. The number of carbonyl (C=O) groups is 1. The van der Waals surface area contributed by atoms with Crippen molar-refractivity contribution in [2.45, 2.75) is 37.5 Å². The molecule has 0 aliphatic rings. The second kappa shape index (κ2) is 8.86. The highest BCUT2D eigenvalue weighted by Crippen LogP contribution is 2.22. The molecule has 0 unspecified atom stereocenters. The summed E-state index contributed by atoms with van der Waals surface area (Å²) in [7, 11) is 0. The standard InChI is InChI=1S/C15H23NO2S/c1-3-4-5-10-16(11-9-15(17)18)13-7-6-8-14(12-13)19-2/h6-8,12H,3-5,9-11H2,1-2H3,(H,17,18). The number of thioether (sulfide) groups is 1. The van der Waals surface area contributed by atoms with Gasteiger partial charge in [0.2, 0.25) is 0 Å². The Morgan fingerprint density at radius 3 is 2.74 bits per heavy atom. The zero-order valence-electron chi connectivity index (χ0n) is 11.8. The quantitative estimate of drug-likeness (QED) is 0.551. The van der Waals surface area contributed by atoms with E-state index in [9.17, 15) is 4.79 Å². The van der Waals surface area contributed by atoms with Crippen LogP contribution in [0.3, 0.4) is 0 Å². The molecule has 0 bridgehead atoms. The van der Waals surface area contributed by atoms with Crippen LogP contribution in [-0.4, -0.2) is 30.4 Å². The Labute approximate surface area is 120 Å². The highest BCUT2D eigenvalue weighted by atomic mass is 32.2. The van der Waals surface area contributed by atoms with E-state index in [1.54, 1.807) is 11.8 Å². The minimum absolute atomic E-state index is 0.190. The molecule has 0 atom stereocenters. The van der Waals surface area contributed by atoms with Crippen LogP contribution in [0.4, 0.5) is 5.69 Å². The summed E-state index contributed by atoms with van der Waals surface area (Å²) in [5, 5.41) is 8.85. The van der Waals surface area contributed by atoms with Crippen LogP contribution in [0.5, 0.6) is 0 Å². The minimum Gasteiger partial charge on any atom is -0.481 e. The van der Waals surface area contributed by atoms with Crippen LogP contribution in [0.2, 0.25) is 0 Å². The molecule has 0 fully saturated rings. The molecule has 0 saturated carbocycles. The van der Waals surface area contributed by atoms with E-state index < -0.39 is 5.97 Å². The number of rotatable bonds is 9. The molecule has 1 rings (SSSR count). The molecular formula is C15H23NO2S. The monoisotopic (exact) mass is 281 g/mol. The zero-order valence-corrected chi connectivity index (χ0v) is 12.6. The molecule has 106 valence electrons. The molecule has 1 aromatic carbocycles. The Morgan fingerprint density at radius 1 is 1.32 bits per heavy atom. The lowest BCUT2D eigenvalue weighted by atomic mass is 10.2. The molecule has 0 amide bonds. The molecule has 4 heteroatoms. The van der Waals surface area contributed by atoms with E-state index in [2.05, 4.69) is 36.3 Å². The van der Waals surface area contributed by atoms with Crippen molar-refractivity contribution in [1.82, 2.24) is 0 Å². The van der Waals surface area contributed by atoms with Gasteiger partial charge in [-0.3, -0.25) is 4.79 Å². The van der Waals surface area contributed by atoms with E-state index >= 15 is 0 Å². The maximum atomic E-state index is 10.8. The van der Waals surface area contributed by atoms with Gasteiger partial charge in [0.25, 0.3) is 0 Å². The van der Waals surface area contributed by atoms with Gasteiger partial charge in [0, 0.05) is 23.7 Å². The van der Waals surface area contributed by atoms with Crippen LogP contribution in [-0.2, 0) is 4.79 Å². The molecule has 1 N–H and O–H groups in total. The van der Waals surface area contributed by atoms with Gasteiger partial charge in [0.05, 0.1) is 6.42 Å². The van der Waals surface area contributed by atoms with Crippen molar-refractivity contribution in [3.05, 3.63) is 24.3 Å². The molecule has 0 aromatic heterocycles. The van der Waals surface area contributed by atoms with E-state index in [1.165, 1.54) is 17.7 Å². The molecule has 19 heavy (non-hydrogen) atoms. The highest BCUT2D eigenvalue weighted by molar-refractivity contribution is 7.98. The first-order valence-corrected chi connectivity index (χ1v) is 8.00. The lowest BCUT2D eigenvalue weighted by Crippen LogP contribution is -2.27. The van der Waals surface area contributed by atoms with Crippen LogP contribution in [0, 0.1) is 0 Å². The average molecular weight is 281 g/mol. The number of carboxylic acids is 1. The zero-order chi connectivity index (χ0) is 14.1. The van der Waals surface area contributed by atoms with Crippen LogP contribution in [0.15, 0.2) is 29.2 Å². The fourth-order valence-electron chi connectivity index (χ4n) is 1.96. The van der Waals surface area contributed by atoms with Crippen molar-refractivity contribution in [3.8, 4) is 0 Å². The highest BCUT2D eigenvalue weighted by Gasteiger charge is 2.09. The van der Waals surface area contributed by atoms with E-state index in [0.717, 1.165) is 18.7 Å². The van der Waals surface area contributed by atoms with Gasteiger partial charge in [-0.15, -0.1) is 11.8 Å². The van der Waals surface area contributed by atoms with Crippen LogP contribution < -0.4 is 4.90 Å². The average Bonchev–Trinajstić information content (AvgIpc) is 2.42. The third-order valence-corrected chi connectivity index (χ3v) is 3.77. The van der Waals surface area contributed by atoms with Crippen molar-refractivity contribution in [2.24, 2.45) is 0 Å². The lowest BCUT2D eigenvalue weighted by Gasteiger charge is -2.24. The Hall–Kier alpha value is -1.16. The number of nitrogens with zero attached hydrogens (tertiary/aromatic N) is 1. The summed E-state index contributed by atoms with van der Waals surface area (Å²) in [6.45, 7) is 3.69. The van der Waals surface area contributed by atoms with E-state index in [1.807, 2.05) is 6.07 Å². The topological polar surface area (TPSA) is 40.5 Å². The number of benzene rings is 1. The largest absolute Gasteiger partial charge is 0.481 e. The summed E-state index contributed by atoms with van der Waals surface area (Å²) >= 11 is 1.71. The Kier molecular flexibility index (Phi) is 7.41. The van der Waals surface area contributed by atoms with Gasteiger partial charge < -0.3 is 10.0 Å². The fourth-order valence-corrected chi connectivity index (χ4v) is 2.41. The second-order valence-electron chi connectivity index (χ2n) is 4.54. The first-order chi connectivity index (χ1) is 9.17. The van der Waals surface area contributed by atoms with Crippen molar-refractivity contribution in [1.29, 1.82) is 0 Å². The maximum absolute atomic E-state index is 10.8. The van der Waals surface area contributed by atoms with Crippen molar-refractivity contribution >= 4 is 23.4 Å². The molecule has 0 aliphatic heterocycles. The van der Waals surface area contributed by atoms with Crippen molar-refractivity contribution in [2.75, 3.05) is 24.2 Å². The molecule has 0 heterocycles. The summed E-state index contributed by atoms with van der Waals surface area (Å²) in [5.74, 6) is -0.735. The second-order valence-corrected chi connectivity index (χ2v) is 5.42. The summed E-state index contributed by atoms with van der Waals surface area (Å²) in [4.78, 5) is 14.2. The van der Waals surface area contributed by atoms with E-state index in [0.29, 0.717) is 6.54 Å². The van der Waals surface area contributed by atoms with Gasteiger partial charge in [-0.2, -0.15) is 0 Å². The van der Waals surface area contributed by atoms with E-state index in [4.69, 9.17) is 5.11 Å².